The third-order valence-corrected chi connectivity index (χ3v) is 1.89. The Kier molecular flexibility index (Phi) is 3.10. The average molecular weight is 229 g/mol. The molecule has 0 aliphatic rings. The summed E-state index contributed by atoms with van der Waals surface area (Å²) in [5, 5.41) is 4.85. The smallest absolute Gasteiger partial charge is 0.252 e. The van der Waals surface area contributed by atoms with Gasteiger partial charge in [0, 0.05) is 12.4 Å². The third kappa shape index (κ3) is 2.45. The van der Waals surface area contributed by atoms with Crippen LogP contribution in [0, 0.1) is 0 Å². The molecule has 2 aromatic rings. The number of aromatic nitrogens is 5. The molecule has 2 heterocycles. The van der Waals surface area contributed by atoms with Gasteiger partial charge in [-0.1, -0.05) is 0 Å². The number of carbonyl (C=O) groups is 1. The van der Waals surface area contributed by atoms with Gasteiger partial charge in [0.1, 0.15) is 0 Å². The summed E-state index contributed by atoms with van der Waals surface area (Å²) in [7, 11) is 5.49. The van der Waals surface area contributed by atoms with Crippen molar-refractivity contribution < 1.29 is 4.79 Å². The minimum Gasteiger partial charge on any atom is -0.277 e. The molecular formula is C8H8BN7O. The zero-order chi connectivity index (χ0) is 12.3. The Hall–Kier alpha value is -2.29. The fourth-order valence-corrected chi connectivity index (χ4v) is 1.23. The maximum absolute atomic E-state index is 10.4. The molecule has 17 heavy (non-hydrogen) atoms. The van der Waals surface area contributed by atoms with E-state index in [0.717, 1.165) is 5.01 Å². The Morgan fingerprint density at radius 1 is 1.47 bits per heavy atom. The maximum atomic E-state index is 10.4. The molecule has 0 atom stereocenters. The van der Waals surface area contributed by atoms with Crippen LogP contribution in [-0.2, 0) is 11.3 Å². The molecule has 0 aliphatic carbocycles. The molecule has 1 amide bonds. The van der Waals surface area contributed by atoms with Crippen molar-refractivity contribution in [3.8, 4) is 5.95 Å². The summed E-state index contributed by atoms with van der Waals surface area (Å²) in [4.78, 5) is 22.4. The highest BCUT2D eigenvalue weighted by atomic mass is 16.1. The molecule has 2 rings (SSSR count). The second-order valence-electron chi connectivity index (χ2n) is 3.12. The molecule has 0 spiro atoms. The second kappa shape index (κ2) is 4.70. The Bertz CT molecular complexity index is 514. The van der Waals surface area contributed by atoms with E-state index in [-0.39, 0.29) is 12.3 Å². The standard InChI is InChI=1S/C8H8BN7O/c9-7-13-6(4-15(10)5-17)16(14-7)8-11-2-1-3-12-8/h1-3,5H,4,10H2. The van der Waals surface area contributed by atoms with Crippen molar-refractivity contribution in [1.82, 2.24) is 29.7 Å². The Labute approximate surface area is 97.9 Å². The van der Waals surface area contributed by atoms with Crippen LogP contribution in [0.4, 0.5) is 0 Å². The summed E-state index contributed by atoms with van der Waals surface area (Å²) in [5.41, 5.74) is 0.0618. The van der Waals surface area contributed by atoms with E-state index in [9.17, 15) is 4.79 Å². The first-order valence-corrected chi connectivity index (χ1v) is 4.66. The van der Waals surface area contributed by atoms with E-state index < -0.39 is 0 Å². The maximum Gasteiger partial charge on any atom is 0.252 e. The number of hydrogen-bond donors (Lipinski definition) is 1. The largest absolute Gasteiger partial charge is 0.277 e. The molecule has 84 valence electrons. The Balaban J connectivity index is 2.37. The molecule has 9 heteroatoms. The lowest BCUT2D eigenvalue weighted by Gasteiger charge is -2.09. The molecule has 0 saturated carbocycles. The fourth-order valence-electron chi connectivity index (χ4n) is 1.23. The van der Waals surface area contributed by atoms with Gasteiger partial charge in [-0.05, 0) is 6.07 Å². The highest BCUT2D eigenvalue weighted by molar-refractivity contribution is 6.28. The minimum absolute atomic E-state index is 0.0615. The summed E-state index contributed by atoms with van der Waals surface area (Å²) in [6.45, 7) is 0.0615. The van der Waals surface area contributed by atoms with Gasteiger partial charge in [0.15, 0.2) is 13.7 Å². The van der Waals surface area contributed by atoms with Crippen molar-refractivity contribution in [2.24, 2.45) is 5.84 Å². The van der Waals surface area contributed by atoms with E-state index in [1.54, 1.807) is 18.5 Å². The van der Waals surface area contributed by atoms with E-state index >= 15 is 0 Å². The van der Waals surface area contributed by atoms with Gasteiger partial charge in [0.2, 0.25) is 6.41 Å². The number of carbonyl (C=O) groups excluding carboxylic acids is 1. The van der Waals surface area contributed by atoms with E-state index in [0.29, 0.717) is 18.2 Å². The zero-order valence-electron chi connectivity index (χ0n) is 8.76. The highest BCUT2D eigenvalue weighted by Gasteiger charge is 2.12. The van der Waals surface area contributed by atoms with E-state index in [4.69, 9.17) is 13.7 Å². The average Bonchev–Trinajstić information content (AvgIpc) is 2.71. The van der Waals surface area contributed by atoms with Crippen LogP contribution in [0.5, 0.6) is 0 Å². The van der Waals surface area contributed by atoms with Crippen molar-refractivity contribution in [2.75, 3.05) is 0 Å². The van der Waals surface area contributed by atoms with Crippen LogP contribution in [0.3, 0.4) is 0 Å². The molecule has 0 aliphatic heterocycles. The molecule has 0 unspecified atom stereocenters. The van der Waals surface area contributed by atoms with Gasteiger partial charge >= 0.3 is 0 Å². The van der Waals surface area contributed by atoms with Gasteiger partial charge in [-0.15, -0.1) is 0 Å². The lowest BCUT2D eigenvalue weighted by atomic mass is 10.1. The Morgan fingerprint density at radius 2 is 2.18 bits per heavy atom. The predicted octanol–water partition coefficient (Wildman–Crippen LogP) is -2.32. The molecule has 2 N–H and O–H groups in total. The molecule has 0 bridgehead atoms. The van der Waals surface area contributed by atoms with Gasteiger partial charge in [-0.2, -0.15) is 9.78 Å². The summed E-state index contributed by atoms with van der Waals surface area (Å²) < 4.78 is 1.33. The number of hydrogen-bond acceptors (Lipinski definition) is 6. The number of rotatable bonds is 4. The van der Waals surface area contributed by atoms with Crippen molar-refractivity contribution in [3.05, 3.63) is 24.3 Å². The van der Waals surface area contributed by atoms with Gasteiger partial charge in [-0.25, -0.2) is 20.8 Å². The second-order valence-corrected chi connectivity index (χ2v) is 3.12. The molecule has 0 saturated heterocycles. The number of nitrogens with two attached hydrogens (primary N) is 1. The van der Waals surface area contributed by atoms with Gasteiger partial charge in [-0.3, -0.25) is 9.80 Å². The fraction of sp³-hybridized carbons (Fsp3) is 0.125. The number of nitrogens with zero attached hydrogens (tertiary/aromatic N) is 6. The normalized spacial score (nSPS) is 10.2. The van der Waals surface area contributed by atoms with Crippen molar-refractivity contribution in [2.45, 2.75) is 6.54 Å². The molecule has 8 nitrogen and oxygen atoms in total. The van der Waals surface area contributed by atoms with Crippen molar-refractivity contribution >= 4 is 20.0 Å². The molecular weight excluding hydrogens is 221 g/mol. The first kappa shape index (κ1) is 11.2. The van der Waals surface area contributed by atoms with Crippen LogP contribution in [0.25, 0.3) is 5.95 Å². The predicted molar refractivity (Wildman–Crippen MR) is 58.1 cm³/mol. The Morgan fingerprint density at radius 3 is 2.82 bits per heavy atom. The summed E-state index contributed by atoms with van der Waals surface area (Å²) >= 11 is 0. The summed E-state index contributed by atoms with van der Waals surface area (Å²) in [6.07, 6.45) is 3.59. The van der Waals surface area contributed by atoms with E-state index in [1.165, 1.54) is 4.68 Å². The van der Waals surface area contributed by atoms with Crippen molar-refractivity contribution in [3.63, 3.8) is 0 Å². The van der Waals surface area contributed by atoms with Crippen LogP contribution >= 0.6 is 0 Å². The first-order valence-electron chi connectivity index (χ1n) is 4.66. The van der Waals surface area contributed by atoms with E-state index in [2.05, 4.69) is 20.1 Å². The zero-order valence-corrected chi connectivity index (χ0v) is 8.76. The van der Waals surface area contributed by atoms with Crippen LogP contribution in [-0.4, -0.2) is 44.0 Å². The lowest BCUT2D eigenvalue weighted by Crippen LogP contribution is -2.30. The topological polar surface area (TPSA) is 103 Å². The molecule has 2 aromatic heterocycles. The summed E-state index contributed by atoms with van der Waals surface area (Å²) in [5.74, 6) is 6.05. The summed E-state index contributed by atoms with van der Waals surface area (Å²) in [6, 6.07) is 1.67. The minimum atomic E-state index is 0.0615. The number of amides is 1. The van der Waals surface area contributed by atoms with E-state index in [1.807, 2.05) is 0 Å². The van der Waals surface area contributed by atoms with Crippen LogP contribution in [0.2, 0.25) is 0 Å². The van der Waals surface area contributed by atoms with Crippen LogP contribution < -0.4 is 11.6 Å². The van der Waals surface area contributed by atoms with Gasteiger partial charge in [0.05, 0.1) is 12.3 Å². The van der Waals surface area contributed by atoms with Gasteiger partial charge in [0.25, 0.3) is 5.95 Å². The van der Waals surface area contributed by atoms with Crippen LogP contribution in [0.15, 0.2) is 18.5 Å². The SMILES string of the molecule is [B]c1nc(CN(N)C=O)n(-c2ncccn2)n1. The monoisotopic (exact) mass is 229 g/mol. The molecule has 0 fully saturated rings. The molecule has 2 radical (unpaired) electrons. The highest BCUT2D eigenvalue weighted by Crippen LogP contribution is 2.01. The first-order chi connectivity index (χ1) is 8.20. The number of hydrazine groups is 1. The van der Waals surface area contributed by atoms with Crippen LogP contribution in [0.1, 0.15) is 5.82 Å². The third-order valence-electron chi connectivity index (χ3n) is 1.89. The molecule has 0 aromatic carbocycles. The van der Waals surface area contributed by atoms with Gasteiger partial charge < -0.3 is 0 Å². The van der Waals surface area contributed by atoms with Crippen molar-refractivity contribution in [1.29, 1.82) is 0 Å². The quantitative estimate of drug-likeness (QED) is 0.207. The lowest BCUT2D eigenvalue weighted by molar-refractivity contribution is -0.119.